The summed E-state index contributed by atoms with van der Waals surface area (Å²) in [7, 11) is 1.72. The van der Waals surface area contributed by atoms with Crippen molar-refractivity contribution in [2.24, 2.45) is 0 Å². The van der Waals surface area contributed by atoms with Gasteiger partial charge < -0.3 is 10.2 Å². The van der Waals surface area contributed by atoms with Gasteiger partial charge in [-0.05, 0) is 31.5 Å². The molecule has 1 aromatic carbocycles. The van der Waals surface area contributed by atoms with E-state index >= 15 is 0 Å². The van der Waals surface area contributed by atoms with Crippen LogP contribution in [-0.2, 0) is 0 Å². The highest BCUT2D eigenvalue weighted by atomic mass is 19.1. The number of nitrogens with zero attached hydrogens (tertiary/aromatic N) is 1. The van der Waals surface area contributed by atoms with E-state index in [1.165, 1.54) is 12.1 Å². The predicted molar refractivity (Wildman–Crippen MR) is 62.9 cm³/mol. The van der Waals surface area contributed by atoms with Gasteiger partial charge in [-0.15, -0.1) is 0 Å². The molecule has 1 N–H and O–H groups in total. The lowest BCUT2D eigenvalue weighted by atomic mass is 10.2. The molecule has 2 amide bonds. The zero-order chi connectivity index (χ0) is 12.1. The lowest BCUT2D eigenvalue weighted by molar-refractivity contribution is 0.206. The molecule has 0 bridgehead atoms. The van der Waals surface area contributed by atoms with E-state index in [-0.39, 0.29) is 17.9 Å². The van der Waals surface area contributed by atoms with Gasteiger partial charge in [0.25, 0.3) is 0 Å². The van der Waals surface area contributed by atoms with Crippen molar-refractivity contribution in [3.05, 3.63) is 30.1 Å². The summed E-state index contributed by atoms with van der Waals surface area (Å²) in [6.45, 7) is 3.97. The van der Waals surface area contributed by atoms with Crippen LogP contribution in [0.5, 0.6) is 0 Å². The third-order valence-electron chi connectivity index (χ3n) is 2.65. The number of urea groups is 1. The van der Waals surface area contributed by atoms with Gasteiger partial charge in [0, 0.05) is 18.8 Å². The summed E-state index contributed by atoms with van der Waals surface area (Å²) in [5.41, 5.74) is 0.472. The van der Waals surface area contributed by atoms with Gasteiger partial charge in [0.15, 0.2) is 0 Å². The number of anilines is 1. The first-order valence-corrected chi connectivity index (χ1v) is 5.34. The van der Waals surface area contributed by atoms with Crippen molar-refractivity contribution in [2.75, 3.05) is 12.4 Å². The number of benzene rings is 1. The highest BCUT2D eigenvalue weighted by Crippen LogP contribution is 2.11. The van der Waals surface area contributed by atoms with Crippen LogP contribution >= 0.6 is 0 Å². The molecular formula is C12H17FN2O. The lowest BCUT2D eigenvalue weighted by Crippen LogP contribution is -2.37. The molecule has 0 aromatic heterocycles. The average molecular weight is 224 g/mol. The van der Waals surface area contributed by atoms with Gasteiger partial charge in [-0.1, -0.05) is 13.0 Å². The van der Waals surface area contributed by atoms with E-state index in [2.05, 4.69) is 5.32 Å². The van der Waals surface area contributed by atoms with Crippen molar-refractivity contribution >= 4 is 11.7 Å². The van der Waals surface area contributed by atoms with Gasteiger partial charge in [-0.3, -0.25) is 0 Å². The largest absolute Gasteiger partial charge is 0.325 e. The second-order valence-electron chi connectivity index (χ2n) is 3.81. The van der Waals surface area contributed by atoms with Crippen LogP contribution in [0.25, 0.3) is 0 Å². The maximum absolute atomic E-state index is 12.9. The Labute approximate surface area is 95.3 Å². The van der Waals surface area contributed by atoms with Crippen molar-refractivity contribution in [1.82, 2.24) is 4.90 Å². The molecule has 0 aliphatic rings. The number of carbonyl (C=O) groups excluding carboxylic acids is 1. The van der Waals surface area contributed by atoms with Crippen molar-refractivity contribution < 1.29 is 9.18 Å². The predicted octanol–water partition coefficient (Wildman–Crippen LogP) is 3.09. The fourth-order valence-corrected chi connectivity index (χ4v) is 1.25. The SMILES string of the molecule is CC[C@H](C)N(C)C(=O)Nc1cccc(F)c1. The highest BCUT2D eigenvalue weighted by molar-refractivity contribution is 5.89. The molecule has 0 saturated carbocycles. The van der Waals surface area contributed by atoms with Gasteiger partial charge in [-0.25, -0.2) is 9.18 Å². The number of hydrogen-bond donors (Lipinski definition) is 1. The normalized spacial score (nSPS) is 12.0. The fourth-order valence-electron chi connectivity index (χ4n) is 1.25. The van der Waals surface area contributed by atoms with E-state index in [4.69, 9.17) is 0 Å². The second kappa shape index (κ2) is 5.49. The summed E-state index contributed by atoms with van der Waals surface area (Å²) in [4.78, 5) is 13.3. The van der Waals surface area contributed by atoms with E-state index in [1.54, 1.807) is 24.1 Å². The van der Waals surface area contributed by atoms with Crippen LogP contribution < -0.4 is 5.32 Å². The van der Waals surface area contributed by atoms with Gasteiger partial charge in [-0.2, -0.15) is 0 Å². The number of halogens is 1. The van der Waals surface area contributed by atoms with Crippen LogP contribution in [0.4, 0.5) is 14.9 Å². The molecule has 1 aromatic rings. The molecular weight excluding hydrogens is 207 g/mol. The molecule has 1 rings (SSSR count). The van der Waals surface area contributed by atoms with Gasteiger partial charge >= 0.3 is 6.03 Å². The Morgan fingerprint density at radius 3 is 2.81 bits per heavy atom. The maximum Gasteiger partial charge on any atom is 0.321 e. The summed E-state index contributed by atoms with van der Waals surface area (Å²) < 4.78 is 12.9. The van der Waals surface area contributed by atoms with Crippen LogP contribution in [0.2, 0.25) is 0 Å². The van der Waals surface area contributed by atoms with Crippen LogP contribution in [0.15, 0.2) is 24.3 Å². The summed E-state index contributed by atoms with van der Waals surface area (Å²) in [6, 6.07) is 5.80. The molecule has 0 spiro atoms. The molecule has 88 valence electrons. The quantitative estimate of drug-likeness (QED) is 0.840. The fraction of sp³-hybridized carbons (Fsp3) is 0.417. The first-order valence-electron chi connectivity index (χ1n) is 5.34. The van der Waals surface area contributed by atoms with Crippen LogP contribution in [0, 0.1) is 5.82 Å². The third kappa shape index (κ3) is 3.22. The van der Waals surface area contributed by atoms with Gasteiger partial charge in [0.05, 0.1) is 0 Å². The summed E-state index contributed by atoms with van der Waals surface area (Å²) in [6.07, 6.45) is 0.882. The zero-order valence-electron chi connectivity index (χ0n) is 9.83. The molecule has 0 unspecified atom stereocenters. The van der Waals surface area contributed by atoms with E-state index in [9.17, 15) is 9.18 Å². The number of carbonyl (C=O) groups is 1. The summed E-state index contributed by atoms with van der Waals surface area (Å²) in [5.74, 6) is -0.357. The van der Waals surface area contributed by atoms with Crippen molar-refractivity contribution in [2.45, 2.75) is 26.3 Å². The summed E-state index contributed by atoms with van der Waals surface area (Å²) >= 11 is 0. The third-order valence-corrected chi connectivity index (χ3v) is 2.65. The summed E-state index contributed by atoms with van der Waals surface area (Å²) in [5, 5.41) is 2.64. The number of nitrogens with one attached hydrogen (secondary N) is 1. The molecule has 0 heterocycles. The van der Waals surface area contributed by atoms with Crippen molar-refractivity contribution in [1.29, 1.82) is 0 Å². The monoisotopic (exact) mass is 224 g/mol. The molecule has 4 heteroatoms. The minimum Gasteiger partial charge on any atom is -0.325 e. The van der Waals surface area contributed by atoms with Crippen LogP contribution in [0.3, 0.4) is 0 Å². The molecule has 0 aliphatic heterocycles. The zero-order valence-corrected chi connectivity index (χ0v) is 9.83. The number of rotatable bonds is 3. The minimum atomic E-state index is -0.357. The van der Waals surface area contributed by atoms with Crippen LogP contribution in [0.1, 0.15) is 20.3 Å². The molecule has 0 radical (unpaired) electrons. The Balaban J connectivity index is 2.64. The Morgan fingerprint density at radius 1 is 1.56 bits per heavy atom. The first-order chi connectivity index (χ1) is 7.54. The molecule has 1 atom stereocenters. The Hall–Kier alpha value is -1.58. The minimum absolute atomic E-state index is 0.161. The van der Waals surface area contributed by atoms with E-state index < -0.39 is 0 Å². The Bertz CT molecular complexity index is 368. The molecule has 3 nitrogen and oxygen atoms in total. The van der Waals surface area contributed by atoms with Gasteiger partial charge in [0.2, 0.25) is 0 Å². The number of amides is 2. The van der Waals surface area contributed by atoms with Crippen molar-refractivity contribution in [3.8, 4) is 0 Å². The number of hydrogen-bond acceptors (Lipinski definition) is 1. The Kier molecular flexibility index (Phi) is 4.28. The molecule has 16 heavy (non-hydrogen) atoms. The van der Waals surface area contributed by atoms with Gasteiger partial charge in [0.1, 0.15) is 5.82 Å². The highest BCUT2D eigenvalue weighted by Gasteiger charge is 2.13. The molecule has 0 fully saturated rings. The average Bonchev–Trinajstić information content (AvgIpc) is 2.27. The first kappa shape index (κ1) is 12.5. The van der Waals surface area contributed by atoms with Crippen molar-refractivity contribution in [3.63, 3.8) is 0 Å². The van der Waals surface area contributed by atoms with E-state index in [1.807, 2.05) is 13.8 Å². The maximum atomic E-state index is 12.9. The smallest absolute Gasteiger partial charge is 0.321 e. The molecule has 0 saturated heterocycles. The lowest BCUT2D eigenvalue weighted by Gasteiger charge is -2.24. The van der Waals surface area contributed by atoms with E-state index in [0.717, 1.165) is 6.42 Å². The second-order valence-corrected chi connectivity index (χ2v) is 3.81. The van der Waals surface area contributed by atoms with E-state index in [0.29, 0.717) is 5.69 Å². The van der Waals surface area contributed by atoms with Crippen LogP contribution in [-0.4, -0.2) is 24.0 Å². The molecule has 0 aliphatic carbocycles. The topological polar surface area (TPSA) is 32.3 Å². The Morgan fingerprint density at radius 2 is 2.25 bits per heavy atom. The standard InChI is InChI=1S/C12H17FN2O/c1-4-9(2)15(3)12(16)14-11-7-5-6-10(13)8-11/h5-9H,4H2,1-3H3,(H,14,16)/t9-/m0/s1.